The predicted molar refractivity (Wildman–Crippen MR) is 95.1 cm³/mol. The van der Waals surface area contributed by atoms with Gasteiger partial charge in [-0.1, -0.05) is 24.3 Å². The van der Waals surface area contributed by atoms with Crippen molar-refractivity contribution in [2.45, 2.75) is 6.42 Å². The van der Waals surface area contributed by atoms with Crippen molar-refractivity contribution in [1.29, 1.82) is 0 Å². The standard InChI is InChI=1S/C18H21O6P/c1-21-16-10-7-11-17(22-2)18(16)15(19)12-13-24-25(20,23-3)14-8-5-4-6-9-14/h4-11H,12-13H2,1-3H3. The van der Waals surface area contributed by atoms with Gasteiger partial charge in [-0.3, -0.25) is 9.36 Å². The largest absolute Gasteiger partial charge is 0.496 e. The molecule has 0 aliphatic heterocycles. The summed E-state index contributed by atoms with van der Waals surface area (Å²) < 4.78 is 33.7. The summed E-state index contributed by atoms with van der Waals surface area (Å²) in [5, 5.41) is 0.444. The molecule has 0 radical (unpaired) electrons. The van der Waals surface area contributed by atoms with Crippen LogP contribution in [0.1, 0.15) is 16.8 Å². The molecule has 0 spiro atoms. The van der Waals surface area contributed by atoms with Crippen LogP contribution in [0.4, 0.5) is 0 Å². The lowest BCUT2D eigenvalue weighted by Gasteiger charge is -2.17. The number of ketones is 1. The van der Waals surface area contributed by atoms with Gasteiger partial charge in [0.25, 0.3) is 0 Å². The normalized spacial score (nSPS) is 13.1. The third kappa shape index (κ3) is 4.48. The van der Waals surface area contributed by atoms with Crippen LogP contribution in [0.15, 0.2) is 48.5 Å². The SMILES string of the molecule is COc1cccc(OC)c1C(=O)CCOP(=O)(OC)c1ccccc1. The van der Waals surface area contributed by atoms with Crippen LogP contribution in [-0.4, -0.2) is 33.7 Å². The Hall–Kier alpha value is -2.14. The molecule has 0 aliphatic carbocycles. The molecular formula is C18H21O6P. The van der Waals surface area contributed by atoms with Gasteiger partial charge in [-0.25, -0.2) is 0 Å². The lowest BCUT2D eigenvalue weighted by molar-refractivity contribution is 0.0953. The van der Waals surface area contributed by atoms with Crippen LogP contribution < -0.4 is 14.8 Å². The maximum absolute atomic E-state index is 12.7. The molecule has 0 heterocycles. The highest BCUT2D eigenvalue weighted by Crippen LogP contribution is 2.46. The molecule has 2 aromatic rings. The molecule has 0 aromatic heterocycles. The zero-order valence-electron chi connectivity index (χ0n) is 14.4. The number of hydrogen-bond donors (Lipinski definition) is 0. The van der Waals surface area contributed by atoms with Gasteiger partial charge in [-0.05, 0) is 24.3 Å². The fourth-order valence-corrected chi connectivity index (χ4v) is 3.69. The molecule has 0 saturated carbocycles. The van der Waals surface area contributed by atoms with Crippen LogP contribution in [0.3, 0.4) is 0 Å². The second-order valence-corrected chi connectivity index (χ2v) is 7.19. The summed E-state index contributed by atoms with van der Waals surface area (Å²) in [4.78, 5) is 12.5. The minimum absolute atomic E-state index is 0.0108. The number of methoxy groups -OCH3 is 2. The quantitative estimate of drug-likeness (QED) is 0.501. The van der Waals surface area contributed by atoms with Crippen molar-refractivity contribution in [3.05, 3.63) is 54.1 Å². The highest BCUT2D eigenvalue weighted by atomic mass is 31.2. The molecule has 1 atom stereocenters. The van der Waals surface area contributed by atoms with Gasteiger partial charge in [0.15, 0.2) is 5.78 Å². The van der Waals surface area contributed by atoms with Crippen LogP contribution in [-0.2, 0) is 13.6 Å². The minimum atomic E-state index is -3.45. The number of hydrogen-bond acceptors (Lipinski definition) is 6. The average molecular weight is 364 g/mol. The molecule has 7 heteroatoms. The molecule has 0 fully saturated rings. The summed E-state index contributed by atoms with van der Waals surface area (Å²) in [7, 11) is 0.831. The Morgan fingerprint density at radius 3 is 2.04 bits per heavy atom. The first-order valence-corrected chi connectivity index (χ1v) is 9.20. The Kier molecular flexibility index (Phi) is 6.76. The monoisotopic (exact) mass is 364 g/mol. The minimum Gasteiger partial charge on any atom is -0.496 e. The van der Waals surface area contributed by atoms with Gasteiger partial charge in [0.1, 0.15) is 17.1 Å². The summed E-state index contributed by atoms with van der Waals surface area (Å²) in [5.41, 5.74) is 0.336. The first kappa shape index (κ1) is 19.2. The molecule has 25 heavy (non-hydrogen) atoms. The van der Waals surface area contributed by atoms with Gasteiger partial charge in [-0.2, -0.15) is 0 Å². The number of carbonyl (C=O) groups is 1. The molecule has 0 bridgehead atoms. The van der Waals surface area contributed by atoms with Gasteiger partial charge in [0, 0.05) is 13.5 Å². The summed E-state index contributed by atoms with van der Waals surface area (Å²) >= 11 is 0. The van der Waals surface area contributed by atoms with Gasteiger partial charge >= 0.3 is 7.60 Å². The van der Waals surface area contributed by atoms with Crippen molar-refractivity contribution in [3.63, 3.8) is 0 Å². The average Bonchev–Trinajstić information content (AvgIpc) is 2.67. The second-order valence-electron chi connectivity index (χ2n) is 5.06. The van der Waals surface area contributed by atoms with Crippen LogP contribution >= 0.6 is 7.60 Å². The third-order valence-electron chi connectivity index (χ3n) is 3.61. The van der Waals surface area contributed by atoms with Gasteiger partial charge in [0.2, 0.25) is 0 Å². The molecule has 1 unspecified atom stereocenters. The summed E-state index contributed by atoms with van der Waals surface area (Å²) in [6.45, 7) is -0.0555. The first-order chi connectivity index (χ1) is 12.1. The smallest absolute Gasteiger partial charge is 0.361 e. The Bertz CT molecular complexity index is 737. The molecule has 0 saturated heterocycles. The van der Waals surface area contributed by atoms with Crippen molar-refractivity contribution in [1.82, 2.24) is 0 Å². The van der Waals surface area contributed by atoms with Crippen LogP contribution in [0.2, 0.25) is 0 Å². The van der Waals surface area contributed by atoms with Crippen molar-refractivity contribution in [3.8, 4) is 11.5 Å². The van der Waals surface area contributed by atoms with Crippen LogP contribution in [0.5, 0.6) is 11.5 Å². The van der Waals surface area contributed by atoms with Crippen molar-refractivity contribution in [2.75, 3.05) is 27.9 Å². The topological polar surface area (TPSA) is 71.1 Å². The zero-order chi connectivity index (χ0) is 18.3. The van der Waals surface area contributed by atoms with Gasteiger partial charge in [0.05, 0.1) is 26.1 Å². The Morgan fingerprint density at radius 2 is 1.52 bits per heavy atom. The van der Waals surface area contributed by atoms with Crippen LogP contribution in [0, 0.1) is 0 Å². The zero-order valence-corrected chi connectivity index (χ0v) is 15.3. The van der Waals surface area contributed by atoms with Crippen molar-refractivity contribution >= 4 is 18.7 Å². The summed E-state index contributed by atoms with van der Waals surface area (Å²) in [6, 6.07) is 13.7. The van der Waals surface area contributed by atoms with E-state index in [1.54, 1.807) is 48.5 Å². The summed E-state index contributed by atoms with van der Waals surface area (Å²) in [5.74, 6) is 0.606. The molecular weight excluding hydrogens is 343 g/mol. The summed E-state index contributed by atoms with van der Waals surface area (Å²) in [6.07, 6.45) is 0.0108. The van der Waals surface area contributed by atoms with E-state index in [9.17, 15) is 9.36 Å². The Labute approximate surface area is 147 Å². The molecule has 0 amide bonds. The fraction of sp³-hybridized carbons (Fsp3) is 0.278. The lowest BCUT2D eigenvalue weighted by atomic mass is 10.1. The molecule has 0 N–H and O–H groups in total. The second kappa shape index (κ2) is 8.81. The van der Waals surface area contributed by atoms with E-state index >= 15 is 0 Å². The number of Topliss-reactive ketones (excluding diaryl/α,β-unsaturated/α-hetero) is 1. The molecule has 0 aliphatic rings. The van der Waals surface area contributed by atoms with E-state index in [0.717, 1.165) is 0 Å². The third-order valence-corrected chi connectivity index (χ3v) is 5.54. The van der Waals surface area contributed by atoms with Gasteiger partial charge in [-0.15, -0.1) is 0 Å². The van der Waals surface area contributed by atoms with Crippen LogP contribution in [0.25, 0.3) is 0 Å². The lowest BCUT2D eigenvalue weighted by Crippen LogP contribution is -2.12. The molecule has 6 nitrogen and oxygen atoms in total. The first-order valence-electron chi connectivity index (χ1n) is 7.66. The maximum atomic E-state index is 12.7. The van der Waals surface area contributed by atoms with E-state index in [1.165, 1.54) is 21.3 Å². The Morgan fingerprint density at radius 1 is 0.920 bits per heavy atom. The molecule has 2 aromatic carbocycles. The fourth-order valence-electron chi connectivity index (χ4n) is 2.35. The van der Waals surface area contributed by atoms with E-state index in [-0.39, 0.29) is 18.8 Å². The number of benzene rings is 2. The highest BCUT2D eigenvalue weighted by molar-refractivity contribution is 7.62. The van der Waals surface area contributed by atoms with E-state index in [4.69, 9.17) is 18.5 Å². The van der Waals surface area contributed by atoms with Crippen molar-refractivity contribution < 1.29 is 27.9 Å². The molecule has 134 valence electrons. The number of rotatable bonds is 9. The van der Waals surface area contributed by atoms with Crippen molar-refractivity contribution in [2.24, 2.45) is 0 Å². The van der Waals surface area contributed by atoms with E-state index < -0.39 is 7.60 Å². The number of carbonyl (C=O) groups excluding carboxylic acids is 1. The van der Waals surface area contributed by atoms with E-state index in [0.29, 0.717) is 22.4 Å². The number of ether oxygens (including phenoxy) is 2. The highest BCUT2D eigenvalue weighted by Gasteiger charge is 2.26. The Balaban J connectivity index is 2.09. The van der Waals surface area contributed by atoms with E-state index in [2.05, 4.69) is 0 Å². The van der Waals surface area contributed by atoms with E-state index in [1.807, 2.05) is 0 Å². The van der Waals surface area contributed by atoms with Gasteiger partial charge < -0.3 is 18.5 Å². The molecule has 2 rings (SSSR count). The maximum Gasteiger partial charge on any atom is 0.361 e. The predicted octanol–water partition coefficient (Wildman–Crippen LogP) is 3.46.